The van der Waals surface area contributed by atoms with Crippen LogP contribution in [-0.4, -0.2) is 40.3 Å². The van der Waals surface area contributed by atoms with Gasteiger partial charge in [0.15, 0.2) is 0 Å². The minimum atomic E-state index is -3.80. The molecule has 1 aliphatic heterocycles. The van der Waals surface area contributed by atoms with Gasteiger partial charge in [0, 0.05) is 25.9 Å². The summed E-state index contributed by atoms with van der Waals surface area (Å²) in [5, 5.41) is 6.26. The number of hydrogen-bond acceptors (Lipinski definition) is 6. The Morgan fingerprint density at radius 1 is 1.18 bits per heavy atom. The molecule has 33 heavy (non-hydrogen) atoms. The van der Waals surface area contributed by atoms with Crippen LogP contribution in [0.4, 0.5) is 0 Å². The lowest BCUT2D eigenvalue weighted by Crippen LogP contribution is -2.30. The second-order valence-corrected chi connectivity index (χ2v) is 10.9. The number of aryl methyl sites for hydroxylation is 2. The highest BCUT2D eigenvalue weighted by atomic mass is 32.2. The van der Waals surface area contributed by atoms with Crippen molar-refractivity contribution in [2.24, 2.45) is 5.14 Å². The smallest absolute Gasteiger partial charge is 0.238 e. The predicted octanol–water partition coefficient (Wildman–Crippen LogP) is 3.61. The third-order valence-electron chi connectivity index (χ3n) is 6.17. The second-order valence-electron chi connectivity index (χ2n) is 8.23. The number of nitrogens with two attached hydrogens (primary N) is 1. The summed E-state index contributed by atoms with van der Waals surface area (Å²) in [6, 6.07) is 12.8. The van der Waals surface area contributed by atoms with Crippen LogP contribution in [-0.2, 0) is 27.8 Å². The summed E-state index contributed by atoms with van der Waals surface area (Å²) in [5.41, 5.74) is 2.38. The Morgan fingerprint density at radius 3 is 2.76 bits per heavy atom. The monoisotopic (exact) mass is 483 g/mol. The molecule has 2 aromatic carbocycles. The molecule has 1 fully saturated rings. The van der Waals surface area contributed by atoms with E-state index in [-0.39, 0.29) is 16.8 Å². The van der Waals surface area contributed by atoms with Crippen molar-refractivity contribution in [3.05, 3.63) is 53.3 Å². The van der Waals surface area contributed by atoms with E-state index >= 15 is 0 Å². The second kappa shape index (κ2) is 8.51. The minimum absolute atomic E-state index is 0.0252. The lowest BCUT2D eigenvalue weighted by Gasteiger charge is -2.23. The number of amides is 1. The van der Waals surface area contributed by atoms with Crippen LogP contribution >= 0.6 is 11.3 Å². The largest absolute Gasteiger partial charge is 0.333 e. The number of thiazole rings is 1. The van der Waals surface area contributed by atoms with Gasteiger partial charge in [-0.1, -0.05) is 12.1 Å². The number of fused-ring (bicyclic) bond motifs is 2. The van der Waals surface area contributed by atoms with E-state index in [0.717, 1.165) is 46.0 Å². The van der Waals surface area contributed by atoms with E-state index in [0.29, 0.717) is 24.9 Å². The summed E-state index contributed by atoms with van der Waals surface area (Å²) in [7, 11) is -3.80. The molecule has 1 unspecified atom stereocenters. The number of rotatable bonds is 6. The Hall–Kier alpha value is -2.82. The molecule has 2 aromatic heterocycles. The van der Waals surface area contributed by atoms with Crippen LogP contribution in [0, 0.1) is 0 Å². The first-order chi connectivity index (χ1) is 15.8. The number of carbonyl (C=O) groups is 1. The Labute approximate surface area is 196 Å². The Bertz CT molecular complexity index is 1420. The normalized spacial score (nSPS) is 16.8. The number of carbonyl (C=O) groups excluding carboxylic acids is 1. The van der Waals surface area contributed by atoms with E-state index in [1.807, 2.05) is 34.6 Å². The van der Waals surface area contributed by atoms with E-state index in [1.54, 1.807) is 17.4 Å². The fourth-order valence-corrected chi connectivity index (χ4v) is 6.25. The summed E-state index contributed by atoms with van der Waals surface area (Å²) < 4.78 is 26.5. The van der Waals surface area contributed by atoms with E-state index in [4.69, 9.17) is 10.1 Å². The standard InChI is InChI=1S/C23H25N5O3S2/c1-2-27-18-10-9-15(33(24,30)31)14-17(18)25-21(27)11-12-22(29)28-13-5-7-19(28)23-26-16-6-3-4-8-20(16)32-23/h3-4,6,8-10,14,19H,2,5,7,11-13H2,1H3,(H2,24,30,31). The van der Waals surface area contributed by atoms with Gasteiger partial charge in [-0.3, -0.25) is 4.79 Å². The zero-order chi connectivity index (χ0) is 23.2. The van der Waals surface area contributed by atoms with Gasteiger partial charge in [0.05, 0.1) is 32.2 Å². The van der Waals surface area contributed by atoms with Crippen molar-refractivity contribution >= 4 is 48.5 Å². The Morgan fingerprint density at radius 2 is 2.00 bits per heavy atom. The molecule has 3 heterocycles. The average Bonchev–Trinajstić information content (AvgIpc) is 3.51. The number of imidazole rings is 1. The highest BCUT2D eigenvalue weighted by Gasteiger charge is 2.32. The number of hydrogen-bond donors (Lipinski definition) is 1. The number of benzene rings is 2. The molecule has 1 saturated heterocycles. The van der Waals surface area contributed by atoms with E-state index < -0.39 is 10.0 Å². The first kappa shape index (κ1) is 22.0. The molecule has 0 bridgehead atoms. The maximum Gasteiger partial charge on any atom is 0.238 e. The number of sulfonamides is 1. The van der Waals surface area contributed by atoms with Gasteiger partial charge in [0.25, 0.3) is 0 Å². The maximum atomic E-state index is 13.2. The number of primary sulfonamides is 1. The quantitative estimate of drug-likeness (QED) is 0.450. The van der Waals surface area contributed by atoms with Crippen LogP contribution in [0.25, 0.3) is 21.3 Å². The molecule has 4 aromatic rings. The third kappa shape index (κ3) is 4.14. The summed E-state index contributed by atoms with van der Waals surface area (Å²) >= 11 is 1.66. The molecule has 1 amide bonds. The van der Waals surface area contributed by atoms with E-state index in [1.165, 1.54) is 12.1 Å². The van der Waals surface area contributed by atoms with Crippen molar-refractivity contribution in [1.29, 1.82) is 0 Å². The van der Waals surface area contributed by atoms with Crippen LogP contribution in [0.5, 0.6) is 0 Å². The average molecular weight is 484 g/mol. The molecule has 10 heteroatoms. The van der Waals surface area contributed by atoms with Crippen LogP contribution in [0.1, 0.15) is 43.1 Å². The molecule has 8 nitrogen and oxygen atoms in total. The first-order valence-electron chi connectivity index (χ1n) is 11.0. The first-order valence-corrected chi connectivity index (χ1v) is 13.4. The Kier molecular flexibility index (Phi) is 5.67. The fraction of sp³-hybridized carbons (Fsp3) is 0.348. The molecule has 5 rings (SSSR count). The van der Waals surface area contributed by atoms with Gasteiger partial charge in [-0.2, -0.15) is 0 Å². The van der Waals surface area contributed by atoms with E-state index in [9.17, 15) is 13.2 Å². The molecule has 0 spiro atoms. The topological polar surface area (TPSA) is 111 Å². The van der Waals surface area contributed by atoms with Gasteiger partial charge < -0.3 is 9.47 Å². The lowest BCUT2D eigenvalue weighted by molar-refractivity contribution is -0.132. The van der Waals surface area contributed by atoms with Crippen LogP contribution in [0.2, 0.25) is 0 Å². The molecular weight excluding hydrogens is 458 g/mol. The zero-order valence-corrected chi connectivity index (χ0v) is 19.9. The summed E-state index contributed by atoms with van der Waals surface area (Å²) in [4.78, 5) is 24.6. The lowest BCUT2D eigenvalue weighted by atomic mass is 10.2. The van der Waals surface area contributed by atoms with Crippen molar-refractivity contribution in [3.63, 3.8) is 0 Å². The number of likely N-dealkylation sites (tertiary alicyclic amines) is 1. The minimum Gasteiger partial charge on any atom is -0.333 e. The number of para-hydroxylation sites is 1. The molecule has 0 radical (unpaired) electrons. The van der Waals surface area contributed by atoms with Gasteiger partial charge >= 0.3 is 0 Å². The van der Waals surface area contributed by atoms with Crippen molar-refractivity contribution in [3.8, 4) is 0 Å². The SMILES string of the molecule is CCn1c(CCC(=O)N2CCCC2c2nc3ccccc3s2)nc2cc(S(N)(=O)=O)ccc21. The number of aromatic nitrogens is 3. The van der Waals surface area contributed by atoms with Crippen molar-refractivity contribution in [1.82, 2.24) is 19.4 Å². The molecular formula is C23H25N5O3S2. The summed E-state index contributed by atoms with van der Waals surface area (Å²) in [6.45, 7) is 3.41. The van der Waals surface area contributed by atoms with Gasteiger partial charge in [0.2, 0.25) is 15.9 Å². The molecule has 0 saturated carbocycles. The van der Waals surface area contributed by atoms with E-state index in [2.05, 4.69) is 11.1 Å². The highest BCUT2D eigenvalue weighted by molar-refractivity contribution is 7.89. The zero-order valence-electron chi connectivity index (χ0n) is 18.3. The van der Waals surface area contributed by atoms with Gasteiger partial charge in [-0.25, -0.2) is 23.5 Å². The van der Waals surface area contributed by atoms with Gasteiger partial charge in [-0.15, -0.1) is 11.3 Å². The van der Waals surface area contributed by atoms with Crippen molar-refractivity contribution < 1.29 is 13.2 Å². The van der Waals surface area contributed by atoms with Crippen LogP contribution < -0.4 is 5.14 Å². The fourth-order valence-electron chi connectivity index (χ4n) is 4.60. The molecule has 0 aliphatic carbocycles. The molecule has 2 N–H and O–H groups in total. The van der Waals surface area contributed by atoms with Crippen molar-refractivity contribution in [2.75, 3.05) is 6.54 Å². The predicted molar refractivity (Wildman–Crippen MR) is 128 cm³/mol. The maximum absolute atomic E-state index is 13.2. The highest BCUT2D eigenvalue weighted by Crippen LogP contribution is 2.37. The molecule has 1 aliphatic rings. The van der Waals surface area contributed by atoms with Crippen molar-refractivity contribution in [2.45, 2.75) is 50.1 Å². The molecule has 172 valence electrons. The molecule has 1 atom stereocenters. The third-order valence-corrected chi connectivity index (χ3v) is 8.22. The van der Waals surface area contributed by atoms with Gasteiger partial charge in [0.1, 0.15) is 10.8 Å². The van der Waals surface area contributed by atoms with Crippen LogP contribution in [0.15, 0.2) is 47.4 Å². The number of nitrogens with zero attached hydrogens (tertiary/aromatic N) is 4. The van der Waals surface area contributed by atoms with Crippen LogP contribution in [0.3, 0.4) is 0 Å². The van der Waals surface area contributed by atoms with Gasteiger partial charge in [-0.05, 0) is 50.1 Å². The summed E-state index contributed by atoms with van der Waals surface area (Å²) in [6.07, 6.45) is 2.72. The Balaban J connectivity index is 1.35. The summed E-state index contributed by atoms with van der Waals surface area (Å²) in [5.74, 6) is 0.861.